The Morgan fingerprint density at radius 2 is 1.90 bits per heavy atom. The van der Waals surface area contributed by atoms with Crippen molar-refractivity contribution in [2.75, 3.05) is 19.7 Å². The minimum Gasteiger partial charge on any atom is -0.478 e. The highest BCUT2D eigenvalue weighted by Crippen LogP contribution is 2.30. The Balaban J connectivity index is 0.999. The largest absolute Gasteiger partial charge is 0.478 e. The minimum atomic E-state index is -0.927. The van der Waals surface area contributed by atoms with E-state index in [4.69, 9.17) is 19.4 Å². The highest BCUT2D eigenvalue weighted by atomic mass is 32.1. The van der Waals surface area contributed by atoms with Crippen molar-refractivity contribution in [3.05, 3.63) is 82.3 Å². The Labute approximate surface area is 247 Å². The first-order chi connectivity index (χ1) is 20.5. The number of carboxylic acid groups (broad SMARTS) is 1. The Morgan fingerprint density at radius 1 is 1.05 bits per heavy atom. The van der Waals surface area contributed by atoms with Gasteiger partial charge in [-0.2, -0.15) is 0 Å². The van der Waals surface area contributed by atoms with Gasteiger partial charge in [-0.1, -0.05) is 12.1 Å². The Kier molecular flexibility index (Phi) is 7.35. The second-order valence-corrected chi connectivity index (χ2v) is 12.4. The normalized spacial score (nSPS) is 18.0. The third-order valence-electron chi connectivity index (χ3n) is 8.32. The summed E-state index contributed by atoms with van der Waals surface area (Å²) in [7, 11) is 0. The van der Waals surface area contributed by atoms with Gasteiger partial charge in [0.15, 0.2) is 0 Å². The number of rotatable bonds is 9. The maximum atomic E-state index is 11.6. The molecule has 9 nitrogen and oxygen atoms in total. The number of aromatic nitrogens is 4. The fraction of sp³-hybridized carbons (Fsp3) is 0.375. The molecule has 0 spiro atoms. The molecule has 10 heteroatoms. The number of piperidine rings is 1. The summed E-state index contributed by atoms with van der Waals surface area (Å²) in [6.45, 7) is 6.56. The van der Waals surface area contributed by atoms with Crippen LogP contribution in [0.4, 0.5) is 0 Å². The van der Waals surface area contributed by atoms with Gasteiger partial charge in [-0.15, -0.1) is 11.3 Å². The number of benzene rings is 2. The van der Waals surface area contributed by atoms with Crippen LogP contribution in [0.1, 0.15) is 57.6 Å². The zero-order valence-electron chi connectivity index (χ0n) is 23.5. The van der Waals surface area contributed by atoms with Crippen molar-refractivity contribution in [3.8, 4) is 5.88 Å². The van der Waals surface area contributed by atoms with Crippen molar-refractivity contribution in [2.24, 2.45) is 0 Å². The number of likely N-dealkylation sites (tertiary alicyclic amines) is 1. The summed E-state index contributed by atoms with van der Waals surface area (Å²) in [5.41, 5.74) is 5.14. The third kappa shape index (κ3) is 5.62. The van der Waals surface area contributed by atoms with Crippen molar-refractivity contribution >= 4 is 38.6 Å². The highest BCUT2D eigenvalue weighted by molar-refractivity contribution is 7.18. The topological polar surface area (TPSA) is 103 Å². The first-order valence-electron chi connectivity index (χ1n) is 14.5. The first kappa shape index (κ1) is 27.0. The molecule has 1 N–H and O–H groups in total. The molecule has 0 unspecified atom stereocenters. The van der Waals surface area contributed by atoms with Crippen LogP contribution < -0.4 is 4.74 Å². The van der Waals surface area contributed by atoms with Gasteiger partial charge in [0.05, 0.1) is 51.0 Å². The van der Waals surface area contributed by atoms with E-state index < -0.39 is 5.97 Å². The predicted octanol–water partition coefficient (Wildman–Crippen LogP) is 5.80. The van der Waals surface area contributed by atoms with Crippen LogP contribution in [0, 0.1) is 6.92 Å². The molecule has 2 aromatic carbocycles. The number of aryl methyl sites for hydroxylation is 1. The van der Waals surface area contributed by atoms with E-state index in [1.165, 1.54) is 4.70 Å². The molecule has 0 saturated carbocycles. The fourth-order valence-corrected chi connectivity index (χ4v) is 6.73. The standard InChI is InChI=1S/C32H33N5O4S/c1-20-33-27-15-21(5-8-29(27)42-20)19-41-31-4-2-3-25(35-31)22-9-12-36(13-10-22)18-30-34-26-7-6-23(32(38)39)16-28(26)37(30)17-24-11-14-40-24/h2-8,15-16,22,24H,9-14,17-19H2,1H3,(H,38,39)/t24-/m0/s1. The molecule has 2 aliphatic heterocycles. The number of ether oxygens (including phenoxy) is 2. The number of hydrogen-bond donors (Lipinski definition) is 1. The molecule has 5 heterocycles. The first-order valence-corrected chi connectivity index (χ1v) is 15.3. The van der Waals surface area contributed by atoms with E-state index in [0.29, 0.717) is 24.9 Å². The van der Waals surface area contributed by atoms with E-state index in [1.54, 1.807) is 23.5 Å². The van der Waals surface area contributed by atoms with Crippen LogP contribution in [0.25, 0.3) is 21.3 Å². The summed E-state index contributed by atoms with van der Waals surface area (Å²) in [4.78, 5) is 28.4. The zero-order chi connectivity index (χ0) is 28.6. The van der Waals surface area contributed by atoms with E-state index in [0.717, 1.165) is 84.1 Å². The molecule has 3 aromatic heterocycles. The van der Waals surface area contributed by atoms with E-state index in [-0.39, 0.29) is 11.7 Å². The van der Waals surface area contributed by atoms with Crippen LogP contribution in [0.5, 0.6) is 5.88 Å². The lowest BCUT2D eigenvalue weighted by molar-refractivity contribution is -0.0592. The maximum Gasteiger partial charge on any atom is 0.335 e. The second-order valence-electron chi connectivity index (χ2n) is 11.2. The summed E-state index contributed by atoms with van der Waals surface area (Å²) in [6.07, 6.45) is 3.18. The Morgan fingerprint density at radius 3 is 2.69 bits per heavy atom. The molecule has 2 aliphatic rings. The monoisotopic (exact) mass is 583 g/mol. The van der Waals surface area contributed by atoms with Gasteiger partial charge >= 0.3 is 5.97 Å². The summed E-state index contributed by atoms with van der Waals surface area (Å²) in [6, 6.07) is 17.5. The number of hydrogen-bond acceptors (Lipinski definition) is 8. The molecule has 5 aromatic rings. The molecule has 7 rings (SSSR count). The van der Waals surface area contributed by atoms with Gasteiger partial charge in [0.2, 0.25) is 5.88 Å². The summed E-state index contributed by atoms with van der Waals surface area (Å²) < 4.78 is 15.2. The van der Waals surface area contributed by atoms with Crippen LogP contribution in [0.3, 0.4) is 0 Å². The van der Waals surface area contributed by atoms with Gasteiger partial charge in [0, 0.05) is 24.3 Å². The summed E-state index contributed by atoms with van der Waals surface area (Å²) >= 11 is 1.70. The van der Waals surface area contributed by atoms with Gasteiger partial charge in [-0.25, -0.2) is 19.7 Å². The van der Waals surface area contributed by atoms with Crippen LogP contribution in [-0.2, 0) is 24.4 Å². The van der Waals surface area contributed by atoms with Crippen molar-refractivity contribution in [1.82, 2.24) is 24.4 Å². The lowest BCUT2D eigenvalue weighted by Gasteiger charge is -2.32. The average molecular weight is 584 g/mol. The number of fused-ring (bicyclic) bond motifs is 2. The quantitative estimate of drug-likeness (QED) is 0.233. The number of pyridine rings is 1. The van der Waals surface area contributed by atoms with Crippen molar-refractivity contribution in [3.63, 3.8) is 0 Å². The number of carboxylic acids is 1. The van der Waals surface area contributed by atoms with Gasteiger partial charge < -0.3 is 19.1 Å². The molecule has 2 saturated heterocycles. The van der Waals surface area contributed by atoms with Crippen LogP contribution >= 0.6 is 11.3 Å². The molecule has 0 bridgehead atoms. The lowest BCUT2D eigenvalue weighted by Crippen LogP contribution is -2.35. The fourth-order valence-electron chi connectivity index (χ4n) is 5.92. The number of thiazole rings is 1. The van der Waals surface area contributed by atoms with E-state index in [9.17, 15) is 9.90 Å². The predicted molar refractivity (Wildman–Crippen MR) is 161 cm³/mol. The molecule has 216 valence electrons. The van der Waals surface area contributed by atoms with Crippen molar-refractivity contribution < 1.29 is 19.4 Å². The van der Waals surface area contributed by atoms with Crippen molar-refractivity contribution in [2.45, 2.75) is 57.9 Å². The minimum absolute atomic E-state index is 0.153. The molecule has 0 radical (unpaired) electrons. The summed E-state index contributed by atoms with van der Waals surface area (Å²) in [5.74, 6) is 1.06. The second kappa shape index (κ2) is 11.4. The smallest absolute Gasteiger partial charge is 0.335 e. The van der Waals surface area contributed by atoms with Crippen LogP contribution in [-0.4, -0.2) is 61.3 Å². The highest BCUT2D eigenvalue weighted by Gasteiger charge is 2.26. The molecule has 42 heavy (non-hydrogen) atoms. The van der Waals surface area contributed by atoms with Crippen LogP contribution in [0.15, 0.2) is 54.6 Å². The Hall–Kier alpha value is -3.86. The summed E-state index contributed by atoms with van der Waals surface area (Å²) in [5, 5.41) is 10.6. The number of nitrogens with zero attached hydrogens (tertiary/aromatic N) is 5. The number of imidazole rings is 1. The number of carbonyl (C=O) groups is 1. The van der Waals surface area contributed by atoms with Crippen LogP contribution in [0.2, 0.25) is 0 Å². The molecule has 2 fully saturated rings. The molecular weight excluding hydrogens is 550 g/mol. The number of aromatic carboxylic acids is 1. The van der Waals surface area contributed by atoms with Gasteiger partial charge in [-0.05, 0) is 81.2 Å². The molecule has 0 amide bonds. The molecular formula is C32H33N5O4S. The third-order valence-corrected chi connectivity index (χ3v) is 9.27. The van der Waals surface area contributed by atoms with E-state index in [2.05, 4.69) is 38.7 Å². The SMILES string of the molecule is Cc1nc2cc(COc3cccc(C4CCN(Cc5nc6ccc(C(=O)O)cc6n5C[C@@H]5CCO5)CC4)n3)ccc2s1. The molecule has 0 aliphatic carbocycles. The zero-order valence-corrected chi connectivity index (χ0v) is 24.3. The molecule has 1 atom stereocenters. The maximum absolute atomic E-state index is 11.6. The average Bonchev–Trinajstić information content (AvgIpc) is 3.52. The van der Waals surface area contributed by atoms with E-state index >= 15 is 0 Å². The van der Waals surface area contributed by atoms with Gasteiger partial charge in [-0.3, -0.25) is 4.90 Å². The van der Waals surface area contributed by atoms with Gasteiger partial charge in [0.1, 0.15) is 12.4 Å². The van der Waals surface area contributed by atoms with Crippen molar-refractivity contribution in [1.29, 1.82) is 0 Å². The van der Waals surface area contributed by atoms with Gasteiger partial charge in [0.25, 0.3) is 0 Å². The van der Waals surface area contributed by atoms with E-state index in [1.807, 2.05) is 25.1 Å². The Bertz CT molecular complexity index is 1750. The lowest BCUT2D eigenvalue weighted by atomic mass is 9.93.